The van der Waals surface area contributed by atoms with Crippen LogP contribution in [0.2, 0.25) is 0 Å². The Balaban J connectivity index is 1.33. The number of pyridine rings is 1. The maximum absolute atomic E-state index is 5.47. The molecule has 0 aromatic carbocycles. The number of anilines is 1. The lowest BCUT2D eigenvalue weighted by atomic mass is 10.00. The van der Waals surface area contributed by atoms with Gasteiger partial charge in [-0.15, -0.1) is 10.2 Å². The van der Waals surface area contributed by atoms with Gasteiger partial charge >= 0.3 is 0 Å². The molecule has 5 rings (SSSR count). The average Bonchev–Trinajstić information content (AvgIpc) is 3.32. The minimum Gasteiger partial charge on any atom is -0.480 e. The van der Waals surface area contributed by atoms with Crippen LogP contribution in [0.4, 0.5) is 5.82 Å². The summed E-state index contributed by atoms with van der Waals surface area (Å²) in [6.07, 6.45) is 6.54. The normalized spacial score (nSPS) is 23.2. The van der Waals surface area contributed by atoms with Gasteiger partial charge in [0.2, 0.25) is 5.88 Å². The van der Waals surface area contributed by atoms with Crippen molar-refractivity contribution in [1.82, 2.24) is 35.5 Å². The fourth-order valence-electron chi connectivity index (χ4n) is 4.33. The lowest BCUT2D eigenvalue weighted by Crippen LogP contribution is -2.43. The number of rotatable bonds is 5. The largest absolute Gasteiger partial charge is 0.480 e. The van der Waals surface area contributed by atoms with Crippen molar-refractivity contribution in [3.05, 3.63) is 30.5 Å². The quantitative estimate of drug-likeness (QED) is 0.680. The molecule has 9 heteroatoms. The van der Waals surface area contributed by atoms with Gasteiger partial charge in [0.1, 0.15) is 17.2 Å². The van der Waals surface area contributed by atoms with Crippen molar-refractivity contribution in [2.45, 2.75) is 43.8 Å². The molecule has 2 bridgehead atoms. The van der Waals surface area contributed by atoms with Crippen LogP contribution in [0.25, 0.3) is 22.6 Å². The van der Waals surface area contributed by atoms with Crippen LogP contribution in [0.5, 0.6) is 5.88 Å². The summed E-state index contributed by atoms with van der Waals surface area (Å²) < 4.78 is 5.47. The molecule has 2 saturated heterocycles. The molecule has 3 aromatic rings. The zero-order valence-electron chi connectivity index (χ0n) is 16.5. The molecule has 2 aliphatic heterocycles. The molecule has 2 fully saturated rings. The predicted octanol–water partition coefficient (Wildman–Crippen LogP) is 2.04. The SMILES string of the molecule is COc1nc(-c2ccc(N[C@@H]3C[C@H]4CC[C@@H](C3)N4)nn2)ccc1-c1cnn(C)n1. The number of hydrogen-bond acceptors (Lipinski definition) is 8. The molecule has 3 aromatic heterocycles. The van der Waals surface area contributed by atoms with E-state index in [1.54, 1.807) is 20.4 Å². The predicted molar refractivity (Wildman–Crippen MR) is 108 cm³/mol. The zero-order valence-corrected chi connectivity index (χ0v) is 16.5. The van der Waals surface area contributed by atoms with Gasteiger partial charge in [-0.1, -0.05) is 0 Å². The van der Waals surface area contributed by atoms with E-state index in [1.165, 1.54) is 17.6 Å². The first-order chi connectivity index (χ1) is 14.2. The molecule has 0 aliphatic carbocycles. The zero-order chi connectivity index (χ0) is 19.8. The molecule has 9 nitrogen and oxygen atoms in total. The number of aryl methyl sites for hydroxylation is 1. The number of methoxy groups -OCH3 is 1. The van der Waals surface area contributed by atoms with Gasteiger partial charge in [-0.25, -0.2) is 4.98 Å². The molecule has 0 radical (unpaired) electrons. The third-order valence-electron chi connectivity index (χ3n) is 5.68. The van der Waals surface area contributed by atoms with Crippen molar-refractivity contribution >= 4 is 5.82 Å². The fourth-order valence-corrected chi connectivity index (χ4v) is 4.33. The number of piperidine rings is 1. The second-order valence-corrected chi connectivity index (χ2v) is 7.73. The Morgan fingerprint density at radius 2 is 1.83 bits per heavy atom. The molecule has 0 spiro atoms. The molecule has 29 heavy (non-hydrogen) atoms. The third-order valence-corrected chi connectivity index (χ3v) is 5.68. The molecule has 2 aliphatic rings. The van der Waals surface area contributed by atoms with E-state index in [4.69, 9.17) is 4.74 Å². The van der Waals surface area contributed by atoms with Gasteiger partial charge in [0, 0.05) is 25.2 Å². The second kappa shape index (κ2) is 7.40. The number of nitrogens with one attached hydrogen (secondary N) is 2. The molecule has 0 unspecified atom stereocenters. The third kappa shape index (κ3) is 3.65. The first kappa shape index (κ1) is 18.0. The molecule has 0 amide bonds. The Hall–Kier alpha value is -3.07. The first-order valence-electron chi connectivity index (χ1n) is 9.96. The van der Waals surface area contributed by atoms with Gasteiger partial charge in [-0.3, -0.25) is 0 Å². The van der Waals surface area contributed by atoms with Gasteiger partial charge < -0.3 is 15.4 Å². The van der Waals surface area contributed by atoms with Gasteiger partial charge in [-0.2, -0.15) is 15.0 Å². The van der Waals surface area contributed by atoms with E-state index in [-0.39, 0.29) is 0 Å². The Morgan fingerprint density at radius 1 is 1.03 bits per heavy atom. The van der Waals surface area contributed by atoms with Crippen molar-refractivity contribution < 1.29 is 4.74 Å². The van der Waals surface area contributed by atoms with E-state index in [0.29, 0.717) is 41.1 Å². The van der Waals surface area contributed by atoms with Crippen molar-refractivity contribution in [1.29, 1.82) is 0 Å². The van der Waals surface area contributed by atoms with Crippen LogP contribution in [-0.4, -0.2) is 55.4 Å². The van der Waals surface area contributed by atoms with Crippen molar-refractivity contribution in [2.24, 2.45) is 7.05 Å². The van der Waals surface area contributed by atoms with Crippen LogP contribution in [0.1, 0.15) is 25.7 Å². The maximum atomic E-state index is 5.47. The molecule has 150 valence electrons. The van der Waals surface area contributed by atoms with E-state index >= 15 is 0 Å². The van der Waals surface area contributed by atoms with Crippen LogP contribution < -0.4 is 15.4 Å². The minimum absolute atomic E-state index is 0.457. The van der Waals surface area contributed by atoms with E-state index in [9.17, 15) is 0 Å². The van der Waals surface area contributed by atoms with Gasteiger partial charge in [0.05, 0.1) is 24.6 Å². The highest BCUT2D eigenvalue weighted by Crippen LogP contribution is 2.30. The molecular formula is C20H24N8O. The summed E-state index contributed by atoms with van der Waals surface area (Å²) in [6.45, 7) is 0. The minimum atomic E-state index is 0.457. The molecule has 0 saturated carbocycles. The van der Waals surface area contributed by atoms with E-state index in [1.807, 2.05) is 24.3 Å². The Labute approximate surface area is 168 Å². The van der Waals surface area contributed by atoms with Crippen molar-refractivity contribution in [2.75, 3.05) is 12.4 Å². The maximum Gasteiger partial charge on any atom is 0.223 e. The highest BCUT2D eigenvalue weighted by atomic mass is 16.5. The Morgan fingerprint density at radius 3 is 2.48 bits per heavy atom. The summed E-state index contributed by atoms with van der Waals surface area (Å²) in [6, 6.07) is 9.47. The molecule has 3 atom stereocenters. The highest BCUT2D eigenvalue weighted by molar-refractivity contribution is 5.68. The average molecular weight is 392 g/mol. The van der Waals surface area contributed by atoms with Gasteiger partial charge in [0.25, 0.3) is 0 Å². The highest BCUT2D eigenvalue weighted by Gasteiger charge is 2.33. The van der Waals surface area contributed by atoms with E-state index in [2.05, 4.69) is 36.0 Å². The summed E-state index contributed by atoms with van der Waals surface area (Å²) in [7, 11) is 3.37. The monoisotopic (exact) mass is 392 g/mol. The fraction of sp³-hybridized carbons (Fsp3) is 0.450. The number of aromatic nitrogens is 6. The van der Waals surface area contributed by atoms with Crippen LogP contribution in [-0.2, 0) is 7.05 Å². The summed E-state index contributed by atoms with van der Waals surface area (Å²) >= 11 is 0. The Kier molecular flexibility index (Phi) is 4.59. The van der Waals surface area contributed by atoms with Crippen LogP contribution in [0, 0.1) is 0 Å². The summed E-state index contributed by atoms with van der Waals surface area (Å²) in [5, 5.41) is 24.4. The standard InChI is InChI=1S/C20H24N8O/c1-28-21-11-18(27-28)15-5-6-16(24-20(15)29-2)17-7-8-19(26-25-17)23-14-9-12-3-4-13(10-14)22-12/h5-8,11-14,22H,3-4,9-10H2,1-2H3,(H,23,26)/t12-,13+,14-. The van der Waals surface area contributed by atoms with Crippen LogP contribution in [0.15, 0.2) is 30.5 Å². The summed E-state index contributed by atoms with van der Waals surface area (Å²) in [5.74, 6) is 1.29. The first-order valence-corrected chi connectivity index (χ1v) is 9.96. The molecule has 2 N–H and O–H groups in total. The topological polar surface area (TPSA) is 103 Å². The van der Waals surface area contributed by atoms with Crippen molar-refractivity contribution in [3.8, 4) is 28.5 Å². The lowest BCUT2D eigenvalue weighted by molar-refractivity contribution is 0.377. The molecule has 5 heterocycles. The summed E-state index contributed by atoms with van der Waals surface area (Å²) in [4.78, 5) is 6.10. The van der Waals surface area contributed by atoms with Crippen molar-refractivity contribution in [3.63, 3.8) is 0 Å². The summed E-state index contributed by atoms with van der Waals surface area (Å²) in [5.41, 5.74) is 2.90. The van der Waals surface area contributed by atoms with Gasteiger partial charge in [-0.05, 0) is 49.9 Å². The van der Waals surface area contributed by atoms with Crippen LogP contribution in [0.3, 0.4) is 0 Å². The number of hydrogen-bond donors (Lipinski definition) is 2. The van der Waals surface area contributed by atoms with Crippen LogP contribution >= 0.6 is 0 Å². The number of fused-ring (bicyclic) bond motifs is 2. The number of ether oxygens (including phenoxy) is 1. The Bertz CT molecular complexity index is 990. The van der Waals surface area contributed by atoms with E-state index < -0.39 is 0 Å². The second-order valence-electron chi connectivity index (χ2n) is 7.73. The van der Waals surface area contributed by atoms with Gasteiger partial charge in [0.15, 0.2) is 0 Å². The number of nitrogens with zero attached hydrogens (tertiary/aromatic N) is 6. The lowest BCUT2D eigenvalue weighted by Gasteiger charge is -2.29. The smallest absolute Gasteiger partial charge is 0.223 e. The van der Waals surface area contributed by atoms with E-state index in [0.717, 1.165) is 24.2 Å². The molecular weight excluding hydrogens is 368 g/mol.